The third kappa shape index (κ3) is 3.08. The Morgan fingerprint density at radius 2 is 1.82 bits per heavy atom. The summed E-state index contributed by atoms with van der Waals surface area (Å²) in [7, 11) is 0. The molecule has 0 aromatic carbocycles. The Morgan fingerprint density at radius 1 is 1.14 bits per heavy atom. The number of allylic oxidation sites excluding steroid dienone is 3. The lowest BCUT2D eigenvalue weighted by atomic mass is 9.45. The largest absolute Gasteiger partial charge is 0.390 e. The number of carbonyl (C=O) groups excluding carboxylic acids is 1. The fourth-order valence-corrected chi connectivity index (χ4v) is 5.40. The first-order valence-corrected chi connectivity index (χ1v) is 8.66. The van der Waals surface area contributed by atoms with Gasteiger partial charge in [0.05, 0.1) is 5.60 Å². The first kappa shape index (κ1) is 17.5. The standard InChI is InChI=1S/C20H32O2/c1-15(10-14-21)7-8-17-19(4)12-6-11-18(2,3)16(19)9-13-20(17,5)22/h7-8,10,14,16-17,22H,6,9,11-13H2,1-5H3/b8-7+,15-10-/t16-,17+,19-,20+/m0/s1. The van der Waals surface area contributed by atoms with Gasteiger partial charge in [-0.3, -0.25) is 4.79 Å². The minimum Gasteiger partial charge on any atom is -0.390 e. The van der Waals surface area contributed by atoms with Gasteiger partial charge in [-0.2, -0.15) is 0 Å². The molecule has 1 N–H and O–H groups in total. The van der Waals surface area contributed by atoms with E-state index in [9.17, 15) is 9.90 Å². The zero-order valence-corrected chi connectivity index (χ0v) is 14.9. The molecule has 22 heavy (non-hydrogen) atoms. The van der Waals surface area contributed by atoms with Gasteiger partial charge in [0.25, 0.3) is 0 Å². The van der Waals surface area contributed by atoms with Gasteiger partial charge in [-0.05, 0) is 67.9 Å². The fraction of sp³-hybridized carbons (Fsp3) is 0.750. The average Bonchev–Trinajstić information content (AvgIpc) is 2.36. The summed E-state index contributed by atoms with van der Waals surface area (Å²) in [6.07, 6.45) is 12.3. The van der Waals surface area contributed by atoms with E-state index in [0.717, 1.165) is 24.7 Å². The highest BCUT2D eigenvalue weighted by molar-refractivity contribution is 5.66. The Hall–Kier alpha value is -0.890. The molecule has 2 aliphatic rings. The summed E-state index contributed by atoms with van der Waals surface area (Å²) in [6, 6.07) is 0. The maximum absolute atomic E-state index is 11.0. The van der Waals surface area contributed by atoms with E-state index in [4.69, 9.17) is 0 Å². The van der Waals surface area contributed by atoms with E-state index < -0.39 is 5.60 Å². The Morgan fingerprint density at radius 3 is 2.45 bits per heavy atom. The third-order valence-corrected chi connectivity index (χ3v) is 6.48. The number of aldehydes is 1. The molecule has 0 amide bonds. The van der Waals surface area contributed by atoms with Crippen LogP contribution in [0.3, 0.4) is 0 Å². The molecule has 124 valence electrons. The Labute approximate surface area is 135 Å². The van der Waals surface area contributed by atoms with Crippen molar-refractivity contribution in [3.05, 3.63) is 23.8 Å². The predicted octanol–water partition coefficient (Wildman–Crippen LogP) is 4.68. The van der Waals surface area contributed by atoms with Gasteiger partial charge in [0.1, 0.15) is 6.29 Å². The second-order valence-corrected chi connectivity index (χ2v) is 8.68. The molecule has 2 saturated carbocycles. The van der Waals surface area contributed by atoms with Gasteiger partial charge < -0.3 is 5.11 Å². The van der Waals surface area contributed by atoms with Crippen molar-refractivity contribution in [3.8, 4) is 0 Å². The van der Waals surface area contributed by atoms with E-state index >= 15 is 0 Å². The number of rotatable bonds is 3. The fourth-order valence-electron chi connectivity index (χ4n) is 5.40. The second kappa shape index (κ2) is 5.96. The van der Waals surface area contributed by atoms with Crippen LogP contribution in [0, 0.1) is 22.7 Å². The monoisotopic (exact) mass is 304 g/mol. The lowest BCUT2D eigenvalue weighted by Gasteiger charge is -2.60. The number of aliphatic hydroxyl groups is 1. The lowest BCUT2D eigenvalue weighted by molar-refractivity contribution is -0.149. The molecule has 4 atom stereocenters. The molecule has 0 bridgehead atoms. The molecular formula is C20H32O2. The zero-order chi connectivity index (χ0) is 16.6. The molecule has 0 aromatic heterocycles. The smallest absolute Gasteiger partial charge is 0.143 e. The normalized spacial score (nSPS) is 42.2. The van der Waals surface area contributed by atoms with Crippen LogP contribution in [0.1, 0.15) is 66.7 Å². The quantitative estimate of drug-likeness (QED) is 0.467. The molecule has 0 radical (unpaired) electrons. The first-order valence-electron chi connectivity index (χ1n) is 8.66. The molecule has 0 spiro atoms. The lowest BCUT2D eigenvalue weighted by Crippen LogP contribution is -2.56. The summed E-state index contributed by atoms with van der Waals surface area (Å²) in [6.45, 7) is 11.1. The summed E-state index contributed by atoms with van der Waals surface area (Å²) in [5.41, 5.74) is 0.785. The topological polar surface area (TPSA) is 37.3 Å². The summed E-state index contributed by atoms with van der Waals surface area (Å²) in [4.78, 5) is 10.6. The van der Waals surface area contributed by atoms with Crippen molar-refractivity contribution in [2.75, 3.05) is 0 Å². The minimum absolute atomic E-state index is 0.140. The molecular weight excluding hydrogens is 272 g/mol. The van der Waals surface area contributed by atoms with Gasteiger partial charge in [-0.15, -0.1) is 0 Å². The molecule has 0 saturated heterocycles. The van der Waals surface area contributed by atoms with Crippen molar-refractivity contribution in [3.63, 3.8) is 0 Å². The van der Waals surface area contributed by atoms with Gasteiger partial charge in [-0.1, -0.05) is 39.3 Å². The van der Waals surface area contributed by atoms with Gasteiger partial charge in [0, 0.05) is 5.92 Å². The van der Waals surface area contributed by atoms with E-state index in [1.165, 1.54) is 19.3 Å². The zero-order valence-electron chi connectivity index (χ0n) is 14.9. The van der Waals surface area contributed by atoms with Crippen LogP contribution in [0.4, 0.5) is 0 Å². The maximum atomic E-state index is 11.0. The summed E-state index contributed by atoms with van der Waals surface area (Å²) in [5, 5.41) is 11.0. The number of hydrogen-bond acceptors (Lipinski definition) is 2. The van der Waals surface area contributed by atoms with Crippen LogP contribution >= 0.6 is 0 Å². The summed E-state index contributed by atoms with van der Waals surface area (Å²) < 4.78 is 0. The van der Waals surface area contributed by atoms with Crippen LogP contribution in [-0.2, 0) is 4.79 Å². The molecule has 2 nitrogen and oxygen atoms in total. The number of carbonyl (C=O) groups is 1. The second-order valence-electron chi connectivity index (χ2n) is 8.68. The number of hydrogen-bond donors (Lipinski definition) is 1. The van der Waals surface area contributed by atoms with Crippen molar-refractivity contribution in [1.82, 2.24) is 0 Å². The molecule has 2 heteroatoms. The maximum Gasteiger partial charge on any atom is 0.143 e. The summed E-state index contributed by atoms with van der Waals surface area (Å²) in [5.74, 6) is 0.798. The minimum atomic E-state index is -0.656. The van der Waals surface area contributed by atoms with Crippen molar-refractivity contribution in [2.24, 2.45) is 22.7 Å². The SMILES string of the molecule is CC(=C/C=O)/C=C/[C@@H]1[C@@]2(C)CCCC(C)(C)[C@@H]2CC[C@@]1(C)O. The van der Waals surface area contributed by atoms with Gasteiger partial charge >= 0.3 is 0 Å². The Bertz CT molecular complexity index is 484. The van der Waals surface area contributed by atoms with Crippen LogP contribution in [0.15, 0.2) is 23.8 Å². The van der Waals surface area contributed by atoms with Crippen LogP contribution in [0.2, 0.25) is 0 Å². The van der Waals surface area contributed by atoms with E-state index in [1.807, 2.05) is 19.9 Å². The van der Waals surface area contributed by atoms with Gasteiger partial charge in [-0.25, -0.2) is 0 Å². The molecule has 2 rings (SSSR count). The molecule has 2 aliphatic carbocycles. The molecule has 2 fully saturated rings. The predicted molar refractivity (Wildman–Crippen MR) is 91.5 cm³/mol. The van der Waals surface area contributed by atoms with E-state index in [-0.39, 0.29) is 11.3 Å². The van der Waals surface area contributed by atoms with Gasteiger partial charge in [0.15, 0.2) is 0 Å². The number of fused-ring (bicyclic) bond motifs is 1. The van der Waals surface area contributed by atoms with Crippen LogP contribution in [0.25, 0.3) is 0 Å². The van der Waals surface area contributed by atoms with E-state index in [1.54, 1.807) is 6.08 Å². The van der Waals surface area contributed by atoms with Crippen LogP contribution in [0.5, 0.6) is 0 Å². The van der Waals surface area contributed by atoms with E-state index in [0.29, 0.717) is 11.3 Å². The highest BCUT2D eigenvalue weighted by atomic mass is 16.3. The van der Waals surface area contributed by atoms with Crippen molar-refractivity contribution in [1.29, 1.82) is 0 Å². The molecule has 0 unspecified atom stereocenters. The Kier molecular flexibility index (Phi) is 4.73. The highest BCUT2D eigenvalue weighted by Gasteiger charge is 2.57. The van der Waals surface area contributed by atoms with Crippen LogP contribution in [-0.4, -0.2) is 17.0 Å². The van der Waals surface area contributed by atoms with Crippen molar-refractivity contribution >= 4 is 6.29 Å². The molecule has 0 aromatic rings. The van der Waals surface area contributed by atoms with Crippen molar-refractivity contribution in [2.45, 2.75) is 72.3 Å². The first-order chi connectivity index (χ1) is 10.1. The van der Waals surface area contributed by atoms with Crippen LogP contribution < -0.4 is 0 Å². The molecule has 0 aliphatic heterocycles. The highest BCUT2D eigenvalue weighted by Crippen LogP contribution is 2.62. The Balaban J connectivity index is 2.38. The summed E-state index contributed by atoms with van der Waals surface area (Å²) >= 11 is 0. The third-order valence-electron chi connectivity index (χ3n) is 6.48. The van der Waals surface area contributed by atoms with E-state index in [2.05, 4.69) is 26.8 Å². The van der Waals surface area contributed by atoms with Crippen molar-refractivity contribution < 1.29 is 9.90 Å². The average molecular weight is 304 g/mol. The van der Waals surface area contributed by atoms with Gasteiger partial charge in [0.2, 0.25) is 0 Å². The molecule has 0 heterocycles.